The highest BCUT2D eigenvalue weighted by molar-refractivity contribution is 5.95. The Morgan fingerprint density at radius 1 is 0.254 bits per heavy atom. The zero-order valence-electron chi connectivity index (χ0n) is 36.9. The number of benzene rings is 11. The molecule has 0 saturated heterocycles. The number of rotatable bonds is 6. The molecule has 0 aromatic heterocycles. The molecule has 0 saturated carbocycles. The Hall–Kier alpha value is -8.32. The molecule has 2 atom stereocenters. The predicted octanol–water partition coefficient (Wildman–Crippen LogP) is 16.9. The summed E-state index contributed by atoms with van der Waals surface area (Å²) in [5, 5.41) is 2.60. The summed E-state index contributed by atoms with van der Waals surface area (Å²) in [6, 6.07) is 96.0. The van der Waals surface area contributed by atoms with Crippen molar-refractivity contribution in [3.05, 3.63) is 310 Å². The average molecular weight is 849 g/mol. The Balaban J connectivity index is 0.985. The van der Waals surface area contributed by atoms with Crippen LogP contribution in [0.3, 0.4) is 0 Å². The highest BCUT2D eigenvalue weighted by Gasteiger charge is 2.47. The second-order valence-corrected chi connectivity index (χ2v) is 18.6. The lowest BCUT2D eigenvalue weighted by Gasteiger charge is -2.34. The largest absolute Gasteiger partial charge is 0.0713 e. The van der Waals surface area contributed by atoms with Crippen LogP contribution >= 0.6 is 0 Å². The van der Waals surface area contributed by atoms with Crippen LogP contribution in [0.25, 0.3) is 66.4 Å². The van der Waals surface area contributed by atoms with E-state index >= 15 is 0 Å². The van der Waals surface area contributed by atoms with Crippen molar-refractivity contribution >= 4 is 10.8 Å². The Bertz CT molecular complexity index is 3700. The van der Waals surface area contributed by atoms with Crippen LogP contribution in [-0.4, -0.2) is 0 Å². The van der Waals surface area contributed by atoms with Gasteiger partial charge in [0, 0.05) is 11.8 Å². The molecule has 14 rings (SSSR count). The first-order valence-electron chi connectivity index (χ1n) is 23.6. The first-order chi connectivity index (χ1) is 33.2. The second kappa shape index (κ2) is 14.9. The highest BCUT2D eigenvalue weighted by atomic mass is 14.5. The molecule has 0 aliphatic heterocycles. The van der Waals surface area contributed by atoms with Gasteiger partial charge in [0.05, 0.1) is 5.41 Å². The fraction of sp³-hybridized carbons (Fsp3) is 0.0448. The maximum absolute atomic E-state index is 2.59. The first-order valence-corrected chi connectivity index (χ1v) is 23.6. The third kappa shape index (κ3) is 5.60. The molecule has 0 heterocycles. The molecule has 0 bridgehead atoms. The maximum atomic E-state index is 2.59. The lowest BCUT2D eigenvalue weighted by molar-refractivity contribution is 0.768. The van der Waals surface area contributed by atoms with Crippen molar-refractivity contribution in [3.63, 3.8) is 0 Å². The van der Waals surface area contributed by atoms with Gasteiger partial charge < -0.3 is 0 Å². The number of hydrogen-bond donors (Lipinski definition) is 0. The summed E-state index contributed by atoms with van der Waals surface area (Å²) >= 11 is 0. The first kappa shape index (κ1) is 38.0. The minimum absolute atomic E-state index is 0.0666. The van der Waals surface area contributed by atoms with Crippen molar-refractivity contribution in [2.75, 3.05) is 0 Å². The molecule has 11 aromatic rings. The normalized spacial score (nSPS) is 15.6. The van der Waals surface area contributed by atoms with Crippen LogP contribution in [0.4, 0.5) is 0 Å². The average Bonchev–Trinajstić information content (AvgIpc) is 4.02. The van der Waals surface area contributed by atoms with Gasteiger partial charge in [-0.1, -0.05) is 231 Å². The molecule has 0 radical (unpaired) electrons. The summed E-state index contributed by atoms with van der Waals surface area (Å²) in [7, 11) is 0. The van der Waals surface area contributed by atoms with Crippen LogP contribution in [0.5, 0.6) is 0 Å². The summed E-state index contributed by atoms with van der Waals surface area (Å²) in [6.45, 7) is 0. The van der Waals surface area contributed by atoms with Gasteiger partial charge >= 0.3 is 0 Å². The lowest BCUT2D eigenvalue weighted by Crippen LogP contribution is -2.28. The Labute approximate surface area is 392 Å². The van der Waals surface area contributed by atoms with E-state index in [1.165, 1.54) is 122 Å². The molecule has 2 unspecified atom stereocenters. The smallest absolute Gasteiger partial charge is 0.0622 e. The van der Waals surface area contributed by atoms with E-state index in [1.54, 1.807) is 0 Å². The van der Waals surface area contributed by atoms with Crippen molar-refractivity contribution in [2.24, 2.45) is 0 Å². The van der Waals surface area contributed by atoms with E-state index in [-0.39, 0.29) is 11.8 Å². The van der Waals surface area contributed by atoms with Gasteiger partial charge in [-0.25, -0.2) is 0 Å². The van der Waals surface area contributed by atoms with Gasteiger partial charge in [-0.2, -0.15) is 0 Å². The molecule has 312 valence electrons. The number of fused-ring (bicyclic) bond motifs is 10. The van der Waals surface area contributed by atoms with E-state index in [9.17, 15) is 0 Å². The molecule has 0 nitrogen and oxygen atoms in total. The summed E-state index contributed by atoms with van der Waals surface area (Å²) in [5.74, 6) is 0.239. The summed E-state index contributed by atoms with van der Waals surface area (Å²) in [5.41, 5.74) is 25.8. The monoisotopic (exact) mass is 848 g/mol. The quantitative estimate of drug-likeness (QED) is 0.156. The van der Waals surface area contributed by atoms with Crippen LogP contribution in [-0.2, 0) is 5.41 Å². The van der Waals surface area contributed by atoms with Gasteiger partial charge in [0.1, 0.15) is 0 Å². The molecule has 0 amide bonds. The van der Waals surface area contributed by atoms with Gasteiger partial charge in [0.2, 0.25) is 0 Å². The standard InChI is InChI=1S/C67H44/c1-4-18-43(19-5-1)45-22-16-23-48(38-45)65-56-36-34-47(46-35-37-57-58(39-46)52-29-12-13-31-55(52)66(57)54-32-17-21-44-20-10-11-28-51(44)54)40-59(56)60-42-64-61(41-62(60)65)53-30-14-15-33-63(53)67(64,49-24-6-2-7-25-49)50-26-8-3-9-27-50/h1-42,65-66H. The molecule has 11 aromatic carbocycles. The zero-order valence-corrected chi connectivity index (χ0v) is 36.9. The molecule has 0 spiro atoms. The third-order valence-corrected chi connectivity index (χ3v) is 15.3. The van der Waals surface area contributed by atoms with E-state index in [1.807, 2.05) is 0 Å². The molecule has 0 N–H and O–H groups in total. The molecular formula is C67H44. The van der Waals surface area contributed by atoms with Gasteiger partial charge in [-0.15, -0.1) is 0 Å². The van der Waals surface area contributed by atoms with Crippen molar-refractivity contribution in [1.82, 2.24) is 0 Å². The van der Waals surface area contributed by atoms with Crippen LogP contribution in [0.1, 0.15) is 67.5 Å². The maximum Gasteiger partial charge on any atom is 0.0713 e. The molecule has 67 heavy (non-hydrogen) atoms. The Morgan fingerprint density at radius 2 is 0.776 bits per heavy atom. The fourth-order valence-corrected chi connectivity index (χ4v) is 12.5. The minimum atomic E-state index is -0.486. The second-order valence-electron chi connectivity index (χ2n) is 18.6. The molecule has 3 aliphatic rings. The number of hydrogen-bond acceptors (Lipinski definition) is 0. The van der Waals surface area contributed by atoms with E-state index in [2.05, 4.69) is 255 Å². The summed E-state index contributed by atoms with van der Waals surface area (Å²) in [6.07, 6.45) is 0. The van der Waals surface area contributed by atoms with Gasteiger partial charge in [-0.3, -0.25) is 0 Å². The van der Waals surface area contributed by atoms with Crippen LogP contribution < -0.4 is 0 Å². The molecule has 3 aliphatic carbocycles. The Morgan fingerprint density at radius 3 is 1.54 bits per heavy atom. The van der Waals surface area contributed by atoms with Gasteiger partial charge in [-0.05, 0) is 146 Å². The fourth-order valence-electron chi connectivity index (χ4n) is 12.5. The van der Waals surface area contributed by atoms with Crippen molar-refractivity contribution in [2.45, 2.75) is 17.3 Å². The van der Waals surface area contributed by atoms with Crippen LogP contribution in [0, 0.1) is 0 Å². The van der Waals surface area contributed by atoms with E-state index in [4.69, 9.17) is 0 Å². The molecule has 0 heteroatoms. The van der Waals surface area contributed by atoms with Crippen molar-refractivity contribution in [1.29, 1.82) is 0 Å². The van der Waals surface area contributed by atoms with Gasteiger partial charge in [0.15, 0.2) is 0 Å². The summed E-state index contributed by atoms with van der Waals surface area (Å²) < 4.78 is 0. The Kier molecular flexibility index (Phi) is 8.43. The van der Waals surface area contributed by atoms with Gasteiger partial charge in [0.25, 0.3) is 0 Å². The van der Waals surface area contributed by atoms with E-state index in [0.29, 0.717) is 0 Å². The van der Waals surface area contributed by atoms with Crippen molar-refractivity contribution in [3.8, 4) is 55.6 Å². The highest BCUT2D eigenvalue weighted by Crippen LogP contribution is 2.60. The minimum Gasteiger partial charge on any atom is -0.0622 e. The van der Waals surface area contributed by atoms with Crippen LogP contribution in [0.2, 0.25) is 0 Å². The van der Waals surface area contributed by atoms with Crippen molar-refractivity contribution < 1.29 is 0 Å². The molecule has 0 fully saturated rings. The third-order valence-electron chi connectivity index (χ3n) is 15.3. The van der Waals surface area contributed by atoms with E-state index in [0.717, 1.165) is 0 Å². The topological polar surface area (TPSA) is 0 Å². The SMILES string of the molecule is c1ccc(-c2cccc(C3c4ccc(-c5ccc6c(c5)-c5ccccc5C6c5cccc6ccccc56)cc4-c4cc5c(cc43)-c3ccccc3C5(c3ccccc3)c3ccccc3)c2)cc1. The predicted molar refractivity (Wildman–Crippen MR) is 278 cm³/mol. The molecular weight excluding hydrogens is 805 g/mol. The van der Waals surface area contributed by atoms with Crippen LogP contribution in [0.15, 0.2) is 255 Å². The zero-order chi connectivity index (χ0) is 44.1. The van der Waals surface area contributed by atoms with E-state index < -0.39 is 5.41 Å². The summed E-state index contributed by atoms with van der Waals surface area (Å²) in [4.78, 5) is 0. The lowest BCUT2D eigenvalue weighted by atomic mass is 9.67.